The summed E-state index contributed by atoms with van der Waals surface area (Å²) in [5.74, 6) is -3.28. The molecule has 0 radical (unpaired) electrons. The van der Waals surface area contributed by atoms with E-state index in [1.165, 1.54) is 12.1 Å². The van der Waals surface area contributed by atoms with Gasteiger partial charge in [0.05, 0.1) is 17.6 Å². The fraction of sp³-hybridized carbons (Fsp3) is 0.600. The molecular formula is C15H18BF3O2. The summed E-state index contributed by atoms with van der Waals surface area (Å²) in [5.41, 5.74) is -3.05. The Morgan fingerprint density at radius 2 is 1.52 bits per heavy atom. The van der Waals surface area contributed by atoms with Crippen LogP contribution in [0.4, 0.5) is 13.2 Å². The van der Waals surface area contributed by atoms with Crippen molar-refractivity contribution in [1.29, 1.82) is 0 Å². The van der Waals surface area contributed by atoms with E-state index in [2.05, 4.69) is 0 Å². The predicted octanol–water partition coefficient (Wildman–Crippen LogP) is 3.19. The van der Waals surface area contributed by atoms with Crippen molar-refractivity contribution in [2.45, 2.75) is 56.9 Å². The summed E-state index contributed by atoms with van der Waals surface area (Å²) >= 11 is 0. The van der Waals surface area contributed by atoms with Crippen LogP contribution in [0.25, 0.3) is 0 Å². The molecule has 0 N–H and O–H groups in total. The molecule has 1 aliphatic carbocycles. The van der Waals surface area contributed by atoms with Crippen LogP contribution in [0.1, 0.15) is 39.7 Å². The zero-order chi connectivity index (χ0) is 15.7. The van der Waals surface area contributed by atoms with Crippen LogP contribution in [0.15, 0.2) is 24.3 Å². The Morgan fingerprint density at radius 3 is 2.00 bits per heavy atom. The molecule has 1 atom stereocenters. The van der Waals surface area contributed by atoms with Crippen molar-refractivity contribution in [3.8, 4) is 0 Å². The van der Waals surface area contributed by atoms with E-state index in [0.29, 0.717) is 5.46 Å². The van der Waals surface area contributed by atoms with E-state index in [0.717, 1.165) is 0 Å². The highest BCUT2D eigenvalue weighted by Crippen LogP contribution is 2.62. The van der Waals surface area contributed by atoms with Crippen molar-refractivity contribution in [3.63, 3.8) is 0 Å². The maximum Gasteiger partial charge on any atom is 0.494 e. The van der Waals surface area contributed by atoms with Gasteiger partial charge in [-0.05, 0) is 38.7 Å². The molecule has 0 bridgehead atoms. The Balaban J connectivity index is 1.89. The molecule has 21 heavy (non-hydrogen) atoms. The van der Waals surface area contributed by atoms with Crippen LogP contribution in [-0.2, 0) is 15.0 Å². The summed E-state index contributed by atoms with van der Waals surface area (Å²) in [5, 5.41) is 0. The first-order valence-corrected chi connectivity index (χ1v) is 7.01. The van der Waals surface area contributed by atoms with Gasteiger partial charge in [-0.3, -0.25) is 0 Å². The second-order valence-electron chi connectivity index (χ2n) is 6.90. The van der Waals surface area contributed by atoms with E-state index >= 15 is 0 Å². The number of alkyl halides is 3. The van der Waals surface area contributed by atoms with Crippen LogP contribution in [0.3, 0.4) is 0 Å². The average Bonchev–Trinajstić information content (AvgIpc) is 2.78. The molecule has 114 valence electrons. The summed E-state index contributed by atoms with van der Waals surface area (Å²) < 4.78 is 52.2. The van der Waals surface area contributed by atoms with Crippen LogP contribution in [0.5, 0.6) is 0 Å². The lowest BCUT2D eigenvalue weighted by Crippen LogP contribution is -2.41. The van der Waals surface area contributed by atoms with Gasteiger partial charge >= 0.3 is 7.12 Å². The van der Waals surface area contributed by atoms with Gasteiger partial charge in [-0.25, -0.2) is 13.2 Å². The van der Waals surface area contributed by atoms with Crippen LogP contribution in [-0.4, -0.2) is 24.2 Å². The Hall–Kier alpha value is -1.01. The van der Waals surface area contributed by atoms with E-state index in [9.17, 15) is 13.2 Å². The first kappa shape index (κ1) is 14.9. The molecule has 2 fully saturated rings. The molecule has 6 heteroatoms. The van der Waals surface area contributed by atoms with Crippen LogP contribution >= 0.6 is 0 Å². The molecule has 1 unspecified atom stereocenters. The molecule has 1 heterocycles. The molecule has 1 saturated heterocycles. The largest absolute Gasteiger partial charge is 0.494 e. The van der Waals surface area contributed by atoms with Gasteiger partial charge in [0.2, 0.25) is 5.67 Å². The summed E-state index contributed by atoms with van der Waals surface area (Å²) in [7, 11) is -0.675. The van der Waals surface area contributed by atoms with Gasteiger partial charge < -0.3 is 9.31 Å². The first-order chi connectivity index (χ1) is 9.49. The van der Waals surface area contributed by atoms with E-state index in [1.807, 2.05) is 27.7 Å². The average molecular weight is 298 g/mol. The lowest BCUT2D eigenvalue weighted by Gasteiger charge is -2.32. The number of hydrogen-bond acceptors (Lipinski definition) is 2. The summed E-state index contributed by atoms with van der Waals surface area (Å²) in [6.07, 6.45) is -0.757. The highest BCUT2D eigenvalue weighted by molar-refractivity contribution is 6.62. The Kier molecular flexibility index (Phi) is 2.87. The van der Waals surface area contributed by atoms with Gasteiger partial charge in [-0.1, -0.05) is 24.3 Å². The Morgan fingerprint density at radius 1 is 1.00 bits per heavy atom. The SMILES string of the molecule is CC1(C)OB(c2cccc(C3(F)CC3(F)F)c2)OC1(C)C. The van der Waals surface area contributed by atoms with Crippen molar-refractivity contribution in [2.24, 2.45) is 0 Å². The summed E-state index contributed by atoms with van der Waals surface area (Å²) in [6.45, 7) is 7.62. The van der Waals surface area contributed by atoms with Crippen LogP contribution in [0, 0.1) is 0 Å². The lowest BCUT2D eigenvalue weighted by molar-refractivity contribution is 0.00578. The van der Waals surface area contributed by atoms with Crippen molar-refractivity contribution >= 4 is 12.6 Å². The van der Waals surface area contributed by atoms with Gasteiger partial charge in [0.15, 0.2) is 0 Å². The lowest BCUT2D eigenvalue weighted by atomic mass is 9.78. The fourth-order valence-electron chi connectivity index (χ4n) is 2.49. The van der Waals surface area contributed by atoms with Crippen LogP contribution < -0.4 is 5.46 Å². The molecule has 0 spiro atoms. The van der Waals surface area contributed by atoms with Crippen molar-refractivity contribution < 1.29 is 22.5 Å². The molecule has 1 aromatic carbocycles. The minimum absolute atomic E-state index is 0.0142. The standard InChI is InChI=1S/C15H18BF3O2/c1-12(2)13(3,4)21-16(20-12)11-7-5-6-10(8-11)14(17)9-15(14,18)19/h5-8H,9H2,1-4H3. The predicted molar refractivity (Wildman–Crippen MR) is 74.5 cm³/mol. The monoisotopic (exact) mass is 298 g/mol. The molecule has 0 amide bonds. The number of hydrogen-bond donors (Lipinski definition) is 0. The van der Waals surface area contributed by atoms with Gasteiger partial charge in [0, 0.05) is 0 Å². The minimum Gasteiger partial charge on any atom is -0.399 e. The number of benzene rings is 1. The minimum atomic E-state index is -3.28. The summed E-state index contributed by atoms with van der Waals surface area (Å²) in [6, 6.07) is 6.07. The van der Waals surface area contributed by atoms with Gasteiger partial charge in [0.1, 0.15) is 0 Å². The normalized spacial score (nSPS) is 32.2. The van der Waals surface area contributed by atoms with Crippen molar-refractivity contribution in [1.82, 2.24) is 0 Å². The van der Waals surface area contributed by atoms with E-state index in [4.69, 9.17) is 9.31 Å². The third-order valence-electron chi connectivity index (χ3n) is 4.79. The molecule has 3 rings (SSSR count). The fourth-order valence-corrected chi connectivity index (χ4v) is 2.49. The third-order valence-corrected chi connectivity index (χ3v) is 4.79. The Labute approximate surface area is 122 Å². The first-order valence-electron chi connectivity index (χ1n) is 7.01. The highest BCUT2D eigenvalue weighted by atomic mass is 19.3. The second kappa shape index (κ2) is 4.05. The van der Waals surface area contributed by atoms with Gasteiger partial charge in [0.25, 0.3) is 5.92 Å². The zero-order valence-corrected chi connectivity index (χ0v) is 12.5. The van der Waals surface area contributed by atoms with Crippen LogP contribution in [0.2, 0.25) is 0 Å². The van der Waals surface area contributed by atoms with E-state index in [1.54, 1.807) is 12.1 Å². The zero-order valence-electron chi connectivity index (χ0n) is 12.5. The highest BCUT2D eigenvalue weighted by Gasteiger charge is 2.74. The number of rotatable bonds is 2. The molecule has 2 nitrogen and oxygen atoms in total. The Bertz CT molecular complexity index is 572. The maximum absolute atomic E-state index is 14.1. The summed E-state index contributed by atoms with van der Waals surface area (Å²) in [4.78, 5) is 0. The number of halogens is 3. The molecular weight excluding hydrogens is 280 g/mol. The molecule has 1 aliphatic heterocycles. The topological polar surface area (TPSA) is 18.5 Å². The molecule has 1 aromatic rings. The van der Waals surface area contributed by atoms with E-state index in [-0.39, 0.29) is 5.56 Å². The van der Waals surface area contributed by atoms with Crippen molar-refractivity contribution in [2.75, 3.05) is 0 Å². The molecule has 1 saturated carbocycles. The van der Waals surface area contributed by atoms with Gasteiger partial charge in [-0.15, -0.1) is 0 Å². The second-order valence-corrected chi connectivity index (χ2v) is 6.90. The van der Waals surface area contributed by atoms with E-state index < -0.39 is 36.3 Å². The molecule has 2 aliphatic rings. The quantitative estimate of drug-likeness (QED) is 0.781. The molecule has 0 aromatic heterocycles. The van der Waals surface area contributed by atoms with Gasteiger partial charge in [-0.2, -0.15) is 0 Å². The smallest absolute Gasteiger partial charge is 0.399 e. The maximum atomic E-state index is 14.1. The van der Waals surface area contributed by atoms with Crippen molar-refractivity contribution in [3.05, 3.63) is 29.8 Å². The third kappa shape index (κ3) is 2.11.